The second-order valence-corrected chi connectivity index (χ2v) is 8.22. The van der Waals surface area contributed by atoms with Crippen molar-refractivity contribution in [3.05, 3.63) is 89.2 Å². The molecule has 34 heavy (non-hydrogen) atoms. The molecule has 170 valence electrons. The minimum absolute atomic E-state index is 0.183. The Morgan fingerprint density at radius 1 is 1.06 bits per heavy atom. The van der Waals surface area contributed by atoms with Gasteiger partial charge < -0.3 is 15.0 Å². The molecule has 1 aromatic heterocycles. The van der Waals surface area contributed by atoms with E-state index in [0.29, 0.717) is 34.4 Å². The van der Waals surface area contributed by atoms with Gasteiger partial charge in [-0.05, 0) is 48.0 Å². The summed E-state index contributed by atoms with van der Waals surface area (Å²) in [6.07, 6.45) is -0.233. The van der Waals surface area contributed by atoms with Gasteiger partial charge in [-0.25, -0.2) is 9.78 Å². The largest absolute Gasteiger partial charge is 0.436 e. The van der Waals surface area contributed by atoms with Crippen LogP contribution in [0.3, 0.4) is 0 Å². The van der Waals surface area contributed by atoms with Gasteiger partial charge >= 0.3 is 6.09 Å². The van der Waals surface area contributed by atoms with Crippen LogP contribution in [0.5, 0.6) is 5.75 Å². The van der Waals surface area contributed by atoms with Gasteiger partial charge in [0.15, 0.2) is 5.82 Å². The number of aromatic nitrogens is 2. The molecule has 1 atom stereocenters. The lowest BCUT2D eigenvalue weighted by molar-refractivity contribution is -0.114. The number of para-hydroxylation sites is 2. The highest BCUT2D eigenvalue weighted by Gasteiger charge is 2.36. The van der Waals surface area contributed by atoms with Crippen molar-refractivity contribution in [1.29, 1.82) is 0 Å². The predicted octanol–water partition coefficient (Wildman–Crippen LogP) is 5.52. The summed E-state index contributed by atoms with van der Waals surface area (Å²) in [5, 5.41) is 9.08. The van der Waals surface area contributed by atoms with Crippen molar-refractivity contribution >= 4 is 46.0 Å². The van der Waals surface area contributed by atoms with Crippen molar-refractivity contribution < 1.29 is 14.3 Å². The van der Waals surface area contributed by atoms with E-state index in [4.69, 9.17) is 16.3 Å². The van der Waals surface area contributed by atoms with Gasteiger partial charge in [0.1, 0.15) is 11.5 Å². The van der Waals surface area contributed by atoms with E-state index in [-0.39, 0.29) is 5.91 Å². The van der Waals surface area contributed by atoms with Gasteiger partial charge in [-0.15, -0.1) is 0 Å². The summed E-state index contributed by atoms with van der Waals surface area (Å²) >= 11 is 6.46. The summed E-state index contributed by atoms with van der Waals surface area (Å²) in [6.45, 7) is 1.42. The Balaban J connectivity index is 1.45. The van der Waals surface area contributed by atoms with Gasteiger partial charge in [0.25, 0.3) is 0 Å². The van der Waals surface area contributed by atoms with Crippen molar-refractivity contribution in [2.24, 2.45) is 5.10 Å². The number of aromatic amines is 1. The number of carbonyl (C=O) groups excluding carboxylic acids is 2. The zero-order valence-corrected chi connectivity index (χ0v) is 18.9. The molecule has 3 aromatic carbocycles. The van der Waals surface area contributed by atoms with E-state index in [1.165, 1.54) is 11.9 Å². The molecule has 0 aliphatic carbocycles. The molecule has 5 rings (SSSR count). The maximum absolute atomic E-state index is 13.2. The maximum atomic E-state index is 13.2. The smallest absolute Gasteiger partial charge is 0.409 e. The van der Waals surface area contributed by atoms with Crippen molar-refractivity contribution in [2.75, 3.05) is 5.32 Å². The van der Waals surface area contributed by atoms with Crippen LogP contribution in [-0.4, -0.2) is 32.7 Å². The molecule has 0 bridgehead atoms. The van der Waals surface area contributed by atoms with E-state index in [1.807, 2.05) is 42.5 Å². The van der Waals surface area contributed by atoms with Gasteiger partial charge in [-0.3, -0.25) is 4.79 Å². The minimum Gasteiger partial charge on any atom is -0.409 e. The highest BCUT2D eigenvalue weighted by Crippen LogP contribution is 2.36. The summed E-state index contributed by atoms with van der Waals surface area (Å²) in [7, 11) is 0. The van der Waals surface area contributed by atoms with E-state index < -0.39 is 12.1 Å². The van der Waals surface area contributed by atoms with Crippen LogP contribution in [0, 0.1) is 0 Å². The normalized spacial score (nSPS) is 15.3. The number of nitrogens with one attached hydrogen (secondary N) is 2. The van der Waals surface area contributed by atoms with Gasteiger partial charge in [0, 0.05) is 24.1 Å². The van der Waals surface area contributed by atoms with Crippen molar-refractivity contribution in [2.45, 2.75) is 19.4 Å². The maximum Gasteiger partial charge on any atom is 0.436 e. The second-order valence-electron chi connectivity index (χ2n) is 7.81. The fourth-order valence-electron chi connectivity index (χ4n) is 3.86. The zero-order chi connectivity index (χ0) is 23.7. The zero-order valence-electron chi connectivity index (χ0n) is 18.2. The Hall–Kier alpha value is -4.17. The number of amides is 2. The van der Waals surface area contributed by atoms with Crippen LogP contribution in [0.4, 0.5) is 10.5 Å². The van der Waals surface area contributed by atoms with Crippen molar-refractivity contribution in [3.8, 4) is 5.75 Å². The first kappa shape index (κ1) is 21.7. The summed E-state index contributed by atoms with van der Waals surface area (Å²) in [6, 6.07) is 21.1. The lowest BCUT2D eigenvalue weighted by atomic mass is 10.0. The Labute approximate surface area is 200 Å². The number of benzene rings is 3. The molecule has 8 nitrogen and oxygen atoms in total. The first-order valence-electron chi connectivity index (χ1n) is 10.6. The van der Waals surface area contributed by atoms with Gasteiger partial charge in [0.05, 0.1) is 17.1 Å². The number of hydrogen-bond acceptors (Lipinski definition) is 5. The number of ether oxygens (including phenoxy) is 1. The number of nitrogens with zero attached hydrogens (tertiary/aromatic N) is 3. The number of rotatable bonds is 4. The Morgan fingerprint density at radius 3 is 2.53 bits per heavy atom. The molecule has 0 radical (unpaired) electrons. The Morgan fingerprint density at radius 2 is 1.79 bits per heavy atom. The monoisotopic (exact) mass is 473 g/mol. The molecule has 2 heterocycles. The third kappa shape index (κ3) is 4.35. The van der Waals surface area contributed by atoms with E-state index in [1.54, 1.807) is 30.3 Å². The van der Waals surface area contributed by atoms with E-state index >= 15 is 0 Å². The number of hydrazone groups is 1. The molecular formula is C25H20ClN5O3. The molecule has 0 saturated heterocycles. The van der Waals surface area contributed by atoms with E-state index in [0.717, 1.165) is 16.6 Å². The quantitative estimate of drug-likeness (QED) is 0.407. The van der Waals surface area contributed by atoms with Gasteiger partial charge in [0.2, 0.25) is 5.91 Å². The molecule has 4 aromatic rings. The van der Waals surface area contributed by atoms with Crippen LogP contribution in [-0.2, 0) is 4.79 Å². The predicted molar refractivity (Wildman–Crippen MR) is 130 cm³/mol. The lowest BCUT2D eigenvalue weighted by Crippen LogP contribution is -2.30. The van der Waals surface area contributed by atoms with Crippen LogP contribution in [0.1, 0.15) is 30.8 Å². The molecule has 1 aliphatic heterocycles. The third-order valence-electron chi connectivity index (χ3n) is 5.40. The topological polar surface area (TPSA) is 99.7 Å². The number of imidazole rings is 1. The van der Waals surface area contributed by atoms with Gasteiger partial charge in [-0.2, -0.15) is 10.1 Å². The Kier molecular flexibility index (Phi) is 5.73. The van der Waals surface area contributed by atoms with Crippen LogP contribution >= 0.6 is 11.6 Å². The van der Waals surface area contributed by atoms with E-state index in [2.05, 4.69) is 20.4 Å². The fourth-order valence-corrected chi connectivity index (χ4v) is 4.12. The van der Waals surface area contributed by atoms with Crippen LogP contribution in [0.2, 0.25) is 5.02 Å². The first-order valence-corrected chi connectivity index (χ1v) is 11.0. The fraction of sp³-hybridized carbons (Fsp3) is 0.120. The molecule has 0 spiro atoms. The number of hydrogen-bond donors (Lipinski definition) is 2. The first-order chi connectivity index (χ1) is 16.5. The van der Waals surface area contributed by atoms with Crippen LogP contribution in [0.25, 0.3) is 11.0 Å². The van der Waals surface area contributed by atoms with Gasteiger partial charge in [-0.1, -0.05) is 41.9 Å². The summed E-state index contributed by atoms with van der Waals surface area (Å²) in [5.74, 6) is 0.731. The molecule has 1 aliphatic rings. The molecular weight excluding hydrogens is 454 g/mol. The van der Waals surface area contributed by atoms with Crippen molar-refractivity contribution in [1.82, 2.24) is 15.0 Å². The average Bonchev–Trinajstić information content (AvgIpc) is 3.45. The van der Waals surface area contributed by atoms with Crippen LogP contribution in [0.15, 0.2) is 77.9 Å². The number of carbonyl (C=O) groups is 2. The molecule has 2 N–H and O–H groups in total. The van der Waals surface area contributed by atoms with E-state index in [9.17, 15) is 9.59 Å². The molecule has 2 amide bonds. The number of fused-ring (bicyclic) bond motifs is 1. The lowest BCUT2D eigenvalue weighted by Gasteiger charge is -2.22. The molecule has 1 unspecified atom stereocenters. The average molecular weight is 474 g/mol. The SMILES string of the molecule is CC(=O)Nc1ccc(OC(=O)N2N=C(c3nc4ccccc4[nH]3)CC2c2ccccc2Cl)cc1. The summed E-state index contributed by atoms with van der Waals surface area (Å²) in [5.41, 5.74) is 3.69. The highest BCUT2D eigenvalue weighted by atomic mass is 35.5. The summed E-state index contributed by atoms with van der Waals surface area (Å²) in [4.78, 5) is 32.3. The number of anilines is 1. The molecule has 9 heteroatoms. The molecule has 0 fully saturated rings. The molecule has 0 saturated carbocycles. The third-order valence-corrected chi connectivity index (χ3v) is 5.75. The number of halogens is 1. The van der Waals surface area contributed by atoms with Crippen molar-refractivity contribution in [3.63, 3.8) is 0 Å². The summed E-state index contributed by atoms with van der Waals surface area (Å²) < 4.78 is 5.59. The Bertz CT molecular complexity index is 1380. The highest BCUT2D eigenvalue weighted by molar-refractivity contribution is 6.31. The van der Waals surface area contributed by atoms with Crippen LogP contribution < -0.4 is 10.1 Å². The minimum atomic E-state index is -0.650. The number of H-pyrrole nitrogens is 1. The second kappa shape index (κ2) is 8.99. The standard InChI is InChI=1S/C25H20ClN5O3/c1-15(32)27-16-10-12-17(13-11-16)34-25(33)31-23(18-6-2-3-7-19(18)26)14-22(30-31)24-28-20-8-4-5-9-21(20)29-24/h2-13,23H,14H2,1H3,(H,27,32)(H,28,29).